The second-order valence-corrected chi connectivity index (χ2v) is 3.01. The highest BCUT2D eigenvalue weighted by Gasteiger charge is 2.02. The summed E-state index contributed by atoms with van der Waals surface area (Å²) in [7, 11) is 0. The van der Waals surface area contributed by atoms with Crippen LogP contribution < -0.4 is 5.73 Å². The summed E-state index contributed by atoms with van der Waals surface area (Å²) in [6.45, 7) is 3.51. The maximum atomic E-state index is 12.8. The van der Waals surface area contributed by atoms with Crippen molar-refractivity contribution in [1.29, 1.82) is 0 Å². The molecule has 0 spiro atoms. The van der Waals surface area contributed by atoms with Crippen molar-refractivity contribution in [1.82, 2.24) is 0 Å². The van der Waals surface area contributed by atoms with E-state index < -0.39 is 5.82 Å². The van der Waals surface area contributed by atoms with Crippen molar-refractivity contribution in [2.24, 2.45) is 0 Å². The van der Waals surface area contributed by atoms with E-state index in [2.05, 4.69) is 22.5 Å². The molecule has 0 aliphatic carbocycles. The molecular weight excluding hydrogens is 209 g/mol. The molecule has 0 saturated heterocycles. The van der Waals surface area contributed by atoms with Gasteiger partial charge in [0.25, 0.3) is 0 Å². The summed E-state index contributed by atoms with van der Waals surface area (Å²) < 4.78 is 13.5. The molecule has 0 atom stereocenters. The Labute approximate surface area is 72.8 Å². The molecule has 1 aromatic carbocycles. The lowest BCUT2D eigenvalue weighted by molar-refractivity contribution is 0.631. The third-order valence-electron chi connectivity index (χ3n) is 1.35. The molecule has 1 rings (SSSR count). The summed E-state index contributed by atoms with van der Waals surface area (Å²) in [5.41, 5.74) is 6.14. The average Bonchev–Trinajstić information content (AvgIpc) is 1.96. The van der Waals surface area contributed by atoms with Crippen LogP contribution in [0.2, 0.25) is 0 Å². The summed E-state index contributed by atoms with van der Waals surface area (Å²) >= 11 is 3.14. The molecule has 0 aromatic heterocycles. The SMILES string of the molecule is C=Cc1cc(Br)cc(F)c1N. The Bertz CT molecular complexity index is 296. The standard InChI is InChI=1S/C8H7BrFN/c1-2-5-3-6(9)4-7(10)8(5)11/h2-4H,1,11H2. The summed E-state index contributed by atoms with van der Waals surface area (Å²) in [5, 5.41) is 0. The van der Waals surface area contributed by atoms with Crippen LogP contribution in [-0.2, 0) is 0 Å². The fourth-order valence-electron chi connectivity index (χ4n) is 0.774. The highest BCUT2D eigenvalue weighted by Crippen LogP contribution is 2.22. The topological polar surface area (TPSA) is 26.0 Å². The first-order chi connectivity index (χ1) is 5.15. The minimum Gasteiger partial charge on any atom is -0.396 e. The largest absolute Gasteiger partial charge is 0.396 e. The molecule has 0 aliphatic heterocycles. The Morgan fingerprint density at radius 2 is 2.18 bits per heavy atom. The van der Waals surface area contributed by atoms with Gasteiger partial charge in [0, 0.05) is 10.0 Å². The number of hydrogen-bond donors (Lipinski definition) is 1. The van der Waals surface area contributed by atoms with E-state index in [4.69, 9.17) is 5.73 Å². The second-order valence-electron chi connectivity index (χ2n) is 2.09. The lowest BCUT2D eigenvalue weighted by Crippen LogP contribution is -1.93. The van der Waals surface area contributed by atoms with Gasteiger partial charge in [-0.2, -0.15) is 0 Å². The van der Waals surface area contributed by atoms with Gasteiger partial charge in [-0.15, -0.1) is 0 Å². The van der Waals surface area contributed by atoms with Crippen molar-refractivity contribution in [2.45, 2.75) is 0 Å². The van der Waals surface area contributed by atoms with Crippen LogP contribution in [0.3, 0.4) is 0 Å². The van der Waals surface area contributed by atoms with Gasteiger partial charge >= 0.3 is 0 Å². The predicted octanol–water partition coefficient (Wildman–Crippen LogP) is 2.81. The van der Waals surface area contributed by atoms with Gasteiger partial charge in [0.2, 0.25) is 0 Å². The zero-order valence-corrected chi connectivity index (χ0v) is 7.36. The fraction of sp³-hybridized carbons (Fsp3) is 0. The number of nitrogen functional groups attached to an aromatic ring is 1. The number of hydrogen-bond acceptors (Lipinski definition) is 1. The van der Waals surface area contributed by atoms with Crippen molar-refractivity contribution in [3.63, 3.8) is 0 Å². The van der Waals surface area contributed by atoms with Crippen LogP contribution in [0.1, 0.15) is 5.56 Å². The molecule has 0 heterocycles. The summed E-state index contributed by atoms with van der Waals surface area (Å²) in [6, 6.07) is 3.04. The predicted molar refractivity (Wildman–Crippen MR) is 48.6 cm³/mol. The molecule has 0 fully saturated rings. The van der Waals surface area contributed by atoms with Gasteiger partial charge in [0.1, 0.15) is 5.82 Å². The number of rotatable bonds is 1. The van der Waals surface area contributed by atoms with Crippen LogP contribution in [0.25, 0.3) is 6.08 Å². The number of halogens is 2. The van der Waals surface area contributed by atoms with Crippen LogP contribution >= 0.6 is 15.9 Å². The molecular formula is C8H7BrFN. The zero-order chi connectivity index (χ0) is 8.43. The molecule has 58 valence electrons. The Morgan fingerprint density at radius 1 is 1.55 bits per heavy atom. The minimum atomic E-state index is -0.422. The molecule has 0 aliphatic rings. The molecule has 2 N–H and O–H groups in total. The Morgan fingerprint density at radius 3 is 2.73 bits per heavy atom. The first kappa shape index (κ1) is 8.27. The van der Waals surface area contributed by atoms with E-state index in [1.165, 1.54) is 12.1 Å². The minimum absolute atomic E-state index is 0.142. The number of anilines is 1. The van der Waals surface area contributed by atoms with E-state index in [1.54, 1.807) is 6.07 Å². The maximum Gasteiger partial charge on any atom is 0.147 e. The zero-order valence-electron chi connectivity index (χ0n) is 5.77. The monoisotopic (exact) mass is 215 g/mol. The maximum absolute atomic E-state index is 12.8. The molecule has 0 radical (unpaired) electrons. The molecule has 3 heteroatoms. The van der Waals surface area contributed by atoms with Crippen molar-refractivity contribution < 1.29 is 4.39 Å². The molecule has 1 nitrogen and oxygen atoms in total. The molecule has 0 amide bonds. The van der Waals surface area contributed by atoms with Crippen LogP contribution in [0.4, 0.5) is 10.1 Å². The lowest BCUT2D eigenvalue weighted by atomic mass is 10.2. The van der Waals surface area contributed by atoms with Gasteiger partial charge in [-0.3, -0.25) is 0 Å². The van der Waals surface area contributed by atoms with Gasteiger partial charge in [-0.05, 0) is 12.1 Å². The molecule has 0 saturated carbocycles. The molecule has 1 aromatic rings. The van der Waals surface area contributed by atoms with E-state index in [9.17, 15) is 4.39 Å². The second kappa shape index (κ2) is 3.05. The molecule has 0 unspecified atom stereocenters. The first-order valence-electron chi connectivity index (χ1n) is 3.02. The van der Waals surface area contributed by atoms with Gasteiger partial charge in [0.05, 0.1) is 5.69 Å². The van der Waals surface area contributed by atoms with Crippen molar-refractivity contribution in [2.75, 3.05) is 5.73 Å². The van der Waals surface area contributed by atoms with Gasteiger partial charge in [-0.25, -0.2) is 4.39 Å². The van der Waals surface area contributed by atoms with Crippen LogP contribution in [0.15, 0.2) is 23.2 Å². The van der Waals surface area contributed by atoms with E-state index in [-0.39, 0.29) is 5.69 Å². The first-order valence-corrected chi connectivity index (χ1v) is 3.81. The highest BCUT2D eigenvalue weighted by molar-refractivity contribution is 9.10. The average molecular weight is 216 g/mol. The third kappa shape index (κ3) is 1.60. The van der Waals surface area contributed by atoms with Crippen LogP contribution in [0, 0.1) is 5.82 Å². The third-order valence-corrected chi connectivity index (χ3v) is 1.80. The Balaban J connectivity index is 3.35. The van der Waals surface area contributed by atoms with E-state index in [0.29, 0.717) is 10.0 Å². The van der Waals surface area contributed by atoms with Gasteiger partial charge in [-0.1, -0.05) is 28.6 Å². The normalized spacial score (nSPS) is 9.64. The van der Waals surface area contributed by atoms with Gasteiger partial charge < -0.3 is 5.73 Å². The summed E-state index contributed by atoms with van der Waals surface area (Å²) in [5.74, 6) is -0.422. The van der Waals surface area contributed by atoms with E-state index in [1.807, 2.05) is 0 Å². The van der Waals surface area contributed by atoms with Crippen LogP contribution in [0.5, 0.6) is 0 Å². The highest BCUT2D eigenvalue weighted by atomic mass is 79.9. The Kier molecular flexibility index (Phi) is 2.29. The fourth-order valence-corrected chi connectivity index (χ4v) is 1.22. The smallest absolute Gasteiger partial charge is 0.147 e. The molecule has 11 heavy (non-hydrogen) atoms. The van der Waals surface area contributed by atoms with Crippen LogP contribution in [-0.4, -0.2) is 0 Å². The van der Waals surface area contributed by atoms with E-state index in [0.717, 1.165) is 0 Å². The summed E-state index contributed by atoms with van der Waals surface area (Å²) in [6.07, 6.45) is 1.52. The van der Waals surface area contributed by atoms with E-state index >= 15 is 0 Å². The van der Waals surface area contributed by atoms with Gasteiger partial charge in [0.15, 0.2) is 0 Å². The lowest BCUT2D eigenvalue weighted by Gasteiger charge is -2.01. The quantitative estimate of drug-likeness (QED) is 0.717. The number of benzene rings is 1. The number of nitrogens with two attached hydrogens (primary N) is 1. The van der Waals surface area contributed by atoms with Crippen molar-refractivity contribution in [3.8, 4) is 0 Å². The van der Waals surface area contributed by atoms with Crippen molar-refractivity contribution >= 4 is 27.7 Å². The Hall–Kier alpha value is -0.830. The molecule has 0 bridgehead atoms. The summed E-state index contributed by atoms with van der Waals surface area (Å²) in [4.78, 5) is 0. The van der Waals surface area contributed by atoms with Crippen molar-refractivity contribution in [3.05, 3.63) is 34.6 Å².